The molecule has 0 radical (unpaired) electrons. The van der Waals surface area contributed by atoms with Gasteiger partial charge in [0.2, 0.25) is 11.3 Å². The molecule has 5 rings (SSSR count). The molecule has 1 atom stereocenters. The highest BCUT2D eigenvalue weighted by molar-refractivity contribution is 5.83. The van der Waals surface area contributed by atoms with Crippen LogP contribution in [-0.2, 0) is 6.42 Å². The molecule has 0 bridgehead atoms. The third-order valence-corrected chi connectivity index (χ3v) is 5.52. The van der Waals surface area contributed by atoms with E-state index in [-0.39, 0.29) is 11.9 Å². The summed E-state index contributed by atoms with van der Waals surface area (Å²) in [6, 6.07) is 8.63. The monoisotopic (exact) mass is 409 g/mol. The van der Waals surface area contributed by atoms with Crippen molar-refractivity contribution in [1.29, 1.82) is 0 Å². The number of rotatable bonds is 6. The van der Waals surface area contributed by atoms with Crippen LogP contribution in [0.15, 0.2) is 40.9 Å². The predicted molar refractivity (Wildman–Crippen MR) is 113 cm³/mol. The van der Waals surface area contributed by atoms with Gasteiger partial charge in [0.25, 0.3) is 0 Å². The fraction of sp³-hybridized carbons (Fsp3) is 0.348. The first-order valence-corrected chi connectivity index (χ1v) is 10.2. The van der Waals surface area contributed by atoms with Gasteiger partial charge in [-0.15, -0.1) is 0 Å². The van der Waals surface area contributed by atoms with Gasteiger partial charge in [-0.1, -0.05) is 0 Å². The van der Waals surface area contributed by atoms with Crippen LogP contribution in [0.25, 0.3) is 22.0 Å². The third kappa shape index (κ3) is 3.61. The number of nitrogens with zero attached hydrogens (tertiary/aromatic N) is 2. The van der Waals surface area contributed by atoms with Gasteiger partial charge in [0, 0.05) is 30.6 Å². The van der Waals surface area contributed by atoms with E-state index in [9.17, 15) is 4.39 Å². The highest BCUT2D eigenvalue weighted by Crippen LogP contribution is 2.39. The second-order valence-corrected chi connectivity index (χ2v) is 7.89. The van der Waals surface area contributed by atoms with Crippen LogP contribution in [0.5, 0.6) is 11.5 Å². The number of fused-ring (bicyclic) bond motifs is 4. The van der Waals surface area contributed by atoms with Crippen LogP contribution in [-0.4, -0.2) is 47.7 Å². The van der Waals surface area contributed by atoms with Crippen molar-refractivity contribution < 1.29 is 18.3 Å². The minimum absolute atomic E-state index is 0.0827. The zero-order chi connectivity index (χ0) is 20.7. The number of hydrogen-bond donors (Lipinski definition) is 1. The summed E-state index contributed by atoms with van der Waals surface area (Å²) in [5.74, 6) is 1.74. The smallest absolute Gasteiger partial charge is 0.207 e. The molecule has 2 aromatic carbocycles. The van der Waals surface area contributed by atoms with Gasteiger partial charge in [-0.05, 0) is 62.3 Å². The zero-order valence-corrected chi connectivity index (χ0v) is 17.1. The largest absolute Gasteiger partial charge is 0.486 e. The van der Waals surface area contributed by atoms with Crippen molar-refractivity contribution in [2.45, 2.75) is 25.9 Å². The molecule has 2 aromatic heterocycles. The van der Waals surface area contributed by atoms with Crippen molar-refractivity contribution in [1.82, 2.24) is 14.9 Å². The minimum Gasteiger partial charge on any atom is -0.486 e. The molecule has 1 unspecified atom stereocenters. The summed E-state index contributed by atoms with van der Waals surface area (Å²) in [4.78, 5) is 9.81. The molecule has 30 heavy (non-hydrogen) atoms. The molecule has 7 heteroatoms. The summed E-state index contributed by atoms with van der Waals surface area (Å²) in [6.45, 7) is 3.97. The van der Waals surface area contributed by atoms with Crippen LogP contribution in [0.4, 0.5) is 4.39 Å². The van der Waals surface area contributed by atoms with Crippen LogP contribution in [0, 0.1) is 12.7 Å². The Kier molecular flexibility index (Phi) is 4.83. The van der Waals surface area contributed by atoms with Crippen molar-refractivity contribution in [2.75, 3.05) is 26.7 Å². The fourth-order valence-corrected chi connectivity index (χ4v) is 4.10. The maximum absolute atomic E-state index is 13.6. The van der Waals surface area contributed by atoms with E-state index in [1.807, 2.05) is 25.3 Å². The Bertz CT molecular complexity index is 1200. The van der Waals surface area contributed by atoms with Crippen molar-refractivity contribution in [3.05, 3.63) is 53.8 Å². The Morgan fingerprint density at radius 1 is 1.27 bits per heavy atom. The summed E-state index contributed by atoms with van der Waals surface area (Å²) in [7, 11) is 2.08. The molecule has 0 saturated carbocycles. The second kappa shape index (κ2) is 7.65. The summed E-state index contributed by atoms with van der Waals surface area (Å²) < 4.78 is 31.4. The normalized spacial score (nSPS) is 16.1. The number of benzene rings is 2. The van der Waals surface area contributed by atoms with E-state index in [0.717, 1.165) is 47.9 Å². The van der Waals surface area contributed by atoms with E-state index >= 15 is 0 Å². The lowest BCUT2D eigenvalue weighted by atomic mass is 10.1. The number of aromatic nitrogens is 2. The standard InChI is InChI=1S/C23H24FN3O3/c1-14-26-20-7-8-21-23(22(20)29-14)30-17(13-28-21)12-27(2)9-3-4-15-11-25-19-6-5-16(24)10-18(15)19/h5-8,10-11,17,25H,3-4,9,12-13H2,1-2H3. The number of likely N-dealkylation sites (N-methyl/N-ethyl adjacent to an activating group) is 1. The fourth-order valence-electron chi connectivity index (χ4n) is 4.10. The number of halogens is 1. The maximum atomic E-state index is 13.6. The number of ether oxygens (including phenoxy) is 2. The van der Waals surface area contributed by atoms with Gasteiger partial charge in [-0.2, -0.15) is 0 Å². The topological polar surface area (TPSA) is 63.5 Å². The summed E-state index contributed by atoms with van der Waals surface area (Å²) >= 11 is 0. The lowest BCUT2D eigenvalue weighted by Gasteiger charge is -2.29. The van der Waals surface area contributed by atoms with Crippen LogP contribution < -0.4 is 9.47 Å². The van der Waals surface area contributed by atoms with Gasteiger partial charge in [0.1, 0.15) is 24.0 Å². The molecular weight excluding hydrogens is 385 g/mol. The van der Waals surface area contributed by atoms with Gasteiger partial charge < -0.3 is 23.8 Å². The Balaban J connectivity index is 1.19. The minimum atomic E-state index is -0.203. The lowest BCUT2D eigenvalue weighted by Crippen LogP contribution is -2.39. The van der Waals surface area contributed by atoms with E-state index in [0.29, 0.717) is 29.6 Å². The predicted octanol–water partition coefficient (Wildman–Crippen LogP) is 4.46. The molecule has 0 saturated heterocycles. The first-order valence-electron chi connectivity index (χ1n) is 10.2. The van der Waals surface area contributed by atoms with Crippen LogP contribution in [0.3, 0.4) is 0 Å². The van der Waals surface area contributed by atoms with Crippen molar-refractivity contribution in [3.8, 4) is 11.5 Å². The summed E-state index contributed by atoms with van der Waals surface area (Å²) in [5.41, 5.74) is 3.54. The van der Waals surface area contributed by atoms with E-state index in [1.165, 1.54) is 6.07 Å². The van der Waals surface area contributed by atoms with Gasteiger partial charge in [-0.3, -0.25) is 0 Å². The average molecular weight is 409 g/mol. The highest BCUT2D eigenvalue weighted by Gasteiger charge is 2.26. The number of H-pyrrole nitrogens is 1. The first-order chi connectivity index (χ1) is 14.6. The number of nitrogens with one attached hydrogen (secondary N) is 1. The van der Waals surface area contributed by atoms with E-state index in [4.69, 9.17) is 13.9 Å². The Morgan fingerprint density at radius 3 is 3.07 bits per heavy atom. The van der Waals surface area contributed by atoms with Crippen molar-refractivity contribution >= 4 is 22.0 Å². The molecule has 156 valence electrons. The molecule has 1 N–H and O–H groups in total. The molecule has 1 aliphatic heterocycles. The Morgan fingerprint density at radius 2 is 2.17 bits per heavy atom. The molecule has 0 amide bonds. The molecule has 1 aliphatic rings. The molecular formula is C23H24FN3O3. The Labute approximate surface area is 173 Å². The SMILES string of the molecule is Cc1nc2ccc3c(c2o1)OC(CN(C)CCCc1c[nH]c2ccc(F)cc12)CO3. The second-order valence-electron chi connectivity index (χ2n) is 7.89. The first kappa shape index (κ1) is 18.9. The van der Waals surface area contributed by atoms with Gasteiger partial charge in [0.15, 0.2) is 11.6 Å². The number of aryl methyl sites for hydroxylation is 2. The van der Waals surface area contributed by atoms with Crippen LogP contribution in [0.1, 0.15) is 17.9 Å². The zero-order valence-electron chi connectivity index (χ0n) is 17.1. The highest BCUT2D eigenvalue weighted by atomic mass is 19.1. The summed E-state index contributed by atoms with van der Waals surface area (Å²) in [6.07, 6.45) is 3.75. The van der Waals surface area contributed by atoms with Gasteiger partial charge in [0.05, 0.1) is 0 Å². The van der Waals surface area contributed by atoms with Crippen molar-refractivity contribution in [3.63, 3.8) is 0 Å². The summed E-state index contributed by atoms with van der Waals surface area (Å²) in [5, 5.41) is 0.963. The number of oxazole rings is 1. The number of hydrogen-bond acceptors (Lipinski definition) is 5. The quantitative estimate of drug-likeness (QED) is 0.509. The lowest BCUT2D eigenvalue weighted by molar-refractivity contribution is 0.0658. The van der Waals surface area contributed by atoms with E-state index in [1.54, 1.807) is 12.1 Å². The Hall–Kier alpha value is -3.06. The third-order valence-electron chi connectivity index (χ3n) is 5.52. The van der Waals surface area contributed by atoms with E-state index < -0.39 is 0 Å². The maximum Gasteiger partial charge on any atom is 0.207 e. The van der Waals surface area contributed by atoms with Crippen molar-refractivity contribution in [2.24, 2.45) is 0 Å². The van der Waals surface area contributed by atoms with Crippen LogP contribution in [0.2, 0.25) is 0 Å². The molecule has 0 fully saturated rings. The molecule has 0 aliphatic carbocycles. The van der Waals surface area contributed by atoms with Gasteiger partial charge >= 0.3 is 0 Å². The molecule has 3 heterocycles. The van der Waals surface area contributed by atoms with Crippen LogP contribution >= 0.6 is 0 Å². The molecule has 6 nitrogen and oxygen atoms in total. The van der Waals surface area contributed by atoms with E-state index in [2.05, 4.69) is 21.9 Å². The molecule has 0 spiro atoms. The number of aromatic amines is 1. The van der Waals surface area contributed by atoms with Gasteiger partial charge in [-0.25, -0.2) is 9.37 Å². The average Bonchev–Trinajstić information content (AvgIpc) is 3.30. The molecule has 4 aromatic rings.